The Kier molecular flexibility index (Phi) is 21.2. The zero-order chi connectivity index (χ0) is 19.3. The second-order valence-electron chi connectivity index (χ2n) is 8.97. The van der Waals surface area contributed by atoms with Crippen molar-refractivity contribution in [1.29, 1.82) is 0 Å². The molecule has 0 aromatic carbocycles. The first-order valence-electron chi connectivity index (χ1n) is 12.4. The van der Waals surface area contributed by atoms with Gasteiger partial charge in [-0.3, -0.25) is 0 Å². The molecule has 158 valence electrons. The molecule has 0 bridgehead atoms. The van der Waals surface area contributed by atoms with Crippen molar-refractivity contribution in [3.05, 3.63) is 0 Å². The first-order valence-corrected chi connectivity index (χ1v) is 12.4. The molecule has 0 aliphatic carbocycles. The van der Waals surface area contributed by atoms with Crippen LogP contribution in [0.5, 0.6) is 0 Å². The zero-order valence-electron chi connectivity index (χ0n) is 19.2. The molecule has 0 amide bonds. The number of unbranched alkanes of at least 4 members (excludes halogenated alkanes) is 14. The summed E-state index contributed by atoms with van der Waals surface area (Å²) in [6.07, 6.45) is 24.4. The topological polar surface area (TPSA) is 3.24 Å². The highest BCUT2D eigenvalue weighted by atomic mass is 15.1. The lowest BCUT2D eigenvalue weighted by atomic mass is 10.1. The van der Waals surface area contributed by atoms with Gasteiger partial charge in [0.1, 0.15) is 0 Å². The van der Waals surface area contributed by atoms with Crippen LogP contribution in [0.25, 0.3) is 0 Å². The quantitative estimate of drug-likeness (QED) is 0.183. The third-order valence-electron chi connectivity index (χ3n) is 5.68. The lowest BCUT2D eigenvalue weighted by molar-refractivity contribution is 0.246. The van der Waals surface area contributed by atoms with Gasteiger partial charge < -0.3 is 4.90 Å². The summed E-state index contributed by atoms with van der Waals surface area (Å²) >= 11 is 0. The van der Waals surface area contributed by atoms with Gasteiger partial charge in [-0.25, -0.2) is 0 Å². The standard InChI is InChI=1S/C25H53N/c1-5-7-9-11-13-15-17-19-22-26(24-21-25(3)4)23-20-18-16-14-12-10-8-6-2/h25H,5-24H2,1-4H3. The van der Waals surface area contributed by atoms with Crippen LogP contribution in [0.15, 0.2) is 0 Å². The monoisotopic (exact) mass is 367 g/mol. The Morgan fingerprint density at radius 2 is 0.808 bits per heavy atom. The van der Waals surface area contributed by atoms with Crippen LogP contribution in [0, 0.1) is 5.92 Å². The van der Waals surface area contributed by atoms with Crippen LogP contribution < -0.4 is 0 Å². The lowest BCUT2D eigenvalue weighted by Gasteiger charge is -2.23. The lowest BCUT2D eigenvalue weighted by Crippen LogP contribution is -2.28. The predicted octanol–water partition coefficient (Wildman–Crippen LogP) is 8.62. The van der Waals surface area contributed by atoms with E-state index in [9.17, 15) is 0 Å². The molecule has 0 N–H and O–H groups in total. The molecule has 0 spiro atoms. The molecule has 1 nitrogen and oxygen atoms in total. The third kappa shape index (κ3) is 20.3. The molecule has 0 saturated carbocycles. The summed E-state index contributed by atoms with van der Waals surface area (Å²) in [5.41, 5.74) is 0. The van der Waals surface area contributed by atoms with Gasteiger partial charge in [0.15, 0.2) is 0 Å². The molecule has 0 unspecified atom stereocenters. The van der Waals surface area contributed by atoms with Crippen molar-refractivity contribution >= 4 is 0 Å². The smallest absolute Gasteiger partial charge is 0.00163 e. The Balaban J connectivity index is 3.67. The summed E-state index contributed by atoms with van der Waals surface area (Å²) in [5, 5.41) is 0. The number of hydrogen-bond donors (Lipinski definition) is 0. The fraction of sp³-hybridized carbons (Fsp3) is 1.00. The van der Waals surface area contributed by atoms with Crippen LogP contribution in [0.1, 0.15) is 137 Å². The van der Waals surface area contributed by atoms with E-state index in [1.165, 1.54) is 129 Å². The summed E-state index contributed by atoms with van der Waals surface area (Å²) in [7, 11) is 0. The minimum Gasteiger partial charge on any atom is -0.303 e. The van der Waals surface area contributed by atoms with E-state index in [4.69, 9.17) is 0 Å². The van der Waals surface area contributed by atoms with Crippen molar-refractivity contribution in [2.45, 2.75) is 137 Å². The Bertz CT molecular complexity index is 229. The Morgan fingerprint density at radius 1 is 0.462 bits per heavy atom. The number of rotatable bonds is 21. The first-order chi connectivity index (χ1) is 12.7. The largest absolute Gasteiger partial charge is 0.303 e. The van der Waals surface area contributed by atoms with Crippen molar-refractivity contribution in [3.63, 3.8) is 0 Å². The highest BCUT2D eigenvalue weighted by Gasteiger charge is 2.06. The fourth-order valence-corrected chi connectivity index (χ4v) is 3.71. The van der Waals surface area contributed by atoms with Crippen LogP contribution in [0.3, 0.4) is 0 Å². The molecular weight excluding hydrogens is 314 g/mol. The van der Waals surface area contributed by atoms with E-state index in [2.05, 4.69) is 32.6 Å². The highest BCUT2D eigenvalue weighted by molar-refractivity contribution is 4.61. The van der Waals surface area contributed by atoms with Gasteiger partial charge in [-0.1, -0.05) is 118 Å². The maximum Gasteiger partial charge on any atom is -0.00163 e. The molecule has 0 radical (unpaired) electrons. The molecular formula is C25H53N. The molecule has 0 aliphatic rings. The van der Waals surface area contributed by atoms with Gasteiger partial charge in [0.05, 0.1) is 0 Å². The van der Waals surface area contributed by atoms with Crippen LogP contribution in [0.2, 0.25) is 0 Å². The van der Waals surface area contributed by atoms with Crippen molar-refractivity contribution in [3.8, 4) is 0 Å². The van der Waals surface area contributed by atoms with Crippen LogP contribution >= 0.6 is 0 Å². The van der Waals surface area contributed by atoms with Gasteiger partial charge in [-0.15, -0.1) is 0 Å². The second kappa shape index (κ2) is 21.3. The van der Waals surface area contributed by atoms with Gasteiger partial charge in [0, 0.05) is 0 Å². The molecule has 0 saturated heterocycles. The van der Waals surface area contributed by atoms with Gasteiger partial charge >= 0.3 is 0 Å². The summed E-state index contributed by atoms with van der Waals surface area (Å²) in [4.78, 5) is 2.77. The zero-order valence-corrected chi connectivity index (χ0v) is 19.2. The first kappa shape index (κ1) is 26.0. The number of nitrogens with zero attached hydrogens (tertiary/aromatic N) is 1. The molecule has 26 heavy (non-hydrogen) atoms. The molecule has 0 heterocycles. The van der Waals surface area contributed by atoms with Gasteiger partial charge in [-0.2, -0.15) is 0 Å². The third-order valence-corrected chi connectivity index (χ3v) is 5.68. The molecule has 0 aliphatic heterocycles. The SMILES string of the molecule is CCCCCCCCCCN(CCCCCCCCCC)CCC(C)C. The molecule has 0 aromatic rings. The molecule has 1 heteroatoms. The normalized spacial score (nSPS) is 11.8. The van der Waals surface area contributed by atoms with Crippen LogP contribution in [-0.4, -0.2) is 24.5 Å². The predicted molar refractivity (Wildman–Crippen MR) is 121 cm³/mol. The summed E-state index contributed by atoms with van der Waals surface area (Å²) in [5.74, 6) is 0.842. The average Bonchev–Trinajstić information content (AvgIpc) is 2.63. The van der Waals surface area contributed by atoms with E-state index in [0.717, 1.165) is 5.92 Å². The van der Waals surface area contributed by atoms with E-state index >= 15 is 0 Å². The fourth-order valence-electron chi connectivity index (χ4n) is 3.71. The van der Waals surface area contributed by atoms with Crippen LogP contribution in [-0.2, 0) is 0 Å². The summed E-state index contributed by atoms with van der Waals surface area (Å²) in [6.45, 7) is 13.4. The molecule has 0 rings (SSSR count). The Labute approximate surface area is 167 Å². The summed E-state index contributed by atoms with van der Waals surface area (Å²) < 4.78 is 0. The molecule has 0 fully saturated rings. The van der Waals surface area contributed by atoms with Gasteiger partial charge in [-0.05, 0) is 44.8 Å². The highest BCUT2D eigenvalue weighted by Crippen LogP contribution is 2.12. The van der Waals surface area contributed by atoms with Crippen molar-refractivity contribution < 1.29 is 0 Å². The van der Waals surface area contributed by atoms with Crippen molar-refractivity contribution in [2.75, 3.05) is 19.6 Å². The van der Waals surface area contributed by atoms with E-state index in [0.29, 0.717) is 0 Å². The molecule has 0 aromatic heterocycles. The molecule has 0 atom stereocenters. The maximum absolute atomic E-state index is 2.77. The van der Waals surface area contributed by atoms with E-state index < -0.39 is 0 Å². The van der Waals surface area contributed by atoms with E-state index in [-0.39, 0.29) is 0 Å². The van der Waals surface area contributed by atoms with E-state index in [1.807, 2.05) is 0 Å². The van der Waals surface area contributed by atoms with E-state index in [1.54, 1.807) is 0 Å². The minimum absolute atomic E-state index is 0.842. The number of hydrogen-bond acceptors (Lipinski definition) is 1. The maximum atomic E-state index is 2.77. The Morgan fingerprint density at radius 3 is 1.15 bits per heavy atom. The van der Waals surface area contributed by atoms with Crippen LogP contribution in [0.4, 0.5) is 0 Å². The summed E-state index contributed by atoms with van der Waals surface area (Å²) in [6, 6.07) is 0. The van der Waals surface area contributed by atoms with Crippen molar-refractivity contribution in [2.24, 2.45) is 5.92 Å². The minimum atomic E-state index is 0.842. The van der Waals surface area contributed by atoms with Gasteiger partial charge in [0.2, 0.25) is 0 Å². The average molecular weight is 368 g/mol. The second-order valence-corrected chi connectivity index (χ2v) is 8.97. The Hall–Kier alpha value is -0.0400. The van der Waals surface area contributed by atoms with Crippen molar-refractivity contribution in [1.82, 2.24) is 4.90 Å². The van der Waals surface area contributed by atoms with Gasteiger partial charge in [0.25, 0.3) is 0 Å².